The van der Waals surface area contributed by atoms with Crippen molar-refractivity contribution in [2.45, 2.75) is 38.6 Å². The topological polar surface area (TPSA) is 69.6 Å². The molecule has 0 fully saturated rings. The normalized spacial score (nSPS) is 10.7. The van der Waals surface area contributed by atoms with Crippen LogP contribution in [0.5, 0.6) is 0 Å². The summed E-state index contributed by atoms with van der Waals surface area (Å²) in [6.07, 6.45) is 4.35. The second-order valence-electron chi connectivity index (χ2n) is 4.25. The lowest BCUT2D eigenvalue weighted by molar-refractivity contribution is -0.136. The zero-order valence-corrected chi connectivity index (χ0v) is 11.3. The lowest BCUT2D eigenvalue weighted by atomic mass is 10.2. The fraction of sp³-hybridized carbons (Fsp3) is 0.615. The molecule has 1 aromatic heterocycles. The van der Waals surface area contributed by atoms with Crippen molar-refractivity contribution in [1.29, 1.82) is 0 Å². The van der Waals surface area contributed by atoms with Gasteiger partial charge in [0.25, 0.3) is 0 Å². The van der Waals surface area contributed by atoms with Crippen molar-refractivity contribution in [2.24, 2.45) is 0 Å². The van der Waals surface area contributed by atoms with Crippen molar-refractivity contribution < 1.29 is 15.0 Å². The van der Waals surface area contributed by atoms with Gasteiger partial charge in [0.05, 0.1) is 6.42 Å². The first-order valence-corrected chi connectivity index (χ1v) is 7.15. The molecule has 0 spiro atoms. The predicted molar refractivity (Wildman–Crippen MR) is 72.9 cm³/mol. The number of rotatable bonds is 10. The van der Waals surface area contributed by atoms with Crippen LogP contribution in [0.2, 0.25) is 0 Å². The average Bonchev–Trinajstić information content (AvgIpc) is 2.75. The summed E-state index contributed by atoms with van der Waals surface area (Å²) in [6.45, 7) is 2.07. The molecule has 0 radical (unpaired) electrons. The van der Waals surface area contributed by atoms with Gasteiger partial charge in [-0.1, -0.05) is 12.8 Å². The molecule has 102 valence electrons. The van der Waals surface area contributed by atoms with Crippen LogP contribution in [-0.2, 0) is 17.8 Å². The van der Waals surface area contributed by atoms with E-state index < -0.39 is 5.97 Å². The van der Waals surface area contributed by atoms with Crippen LogP contribution in [0.1, 0.15) is 35.4 Å². The lowest BCUT2D eigenvalue weighted by Crippen LogP contribution is -2.13. The van der Waals surface area contributed by atoms with E-state index in [9.17, 15) is 4.79 Å². The number of hydrogen-bond acceptors (Lipinski definition) is 4. The van der Waals surface area contributed by atoms with Gasteiger partial charge in [-0.05, 0) is 31.5 Å². The van der Waals surface area contributed by atoms with Gasteiger partial charge in [-0.25, -0.2) is 0 Å². The Bertz CT molecular complexity index is 352. The third kappa shape index (κ3) is 6.74. The smallest absolute Gasteiger partial charge is 0.308 e. The average molecular weight is 271 g/mol. The highest BCUT2D eigenvalue weighted by atomic mass is 32.1. The van der Waals surface area contributed by atoms with Crippen molar-refractivity contribution in [3.8, 4) is 0 Å². The third-order valence-electron chi connectivity index (χ3n) is 2.60. The van der Waals surface area contributed by atoms with E-state index in [1.807, 2.05) is 12.1 Å². The maximum absolute atomic E-state index is 10.5. The maximum Gasteiger partial charge on any atom is 0.308 e. The van der Waals surface area contributed by atoms with Gasteiger partial charge in [-0.2, -0.15) is 0 Å². The van der Waals surface area contributed by atoms with Crippen LogP contribution < -0.4 is 5.32 Å². The molecule has 4 nitrogen and oxygen atoms in total. The van der Waals surface area contributed by atoms with Gasteiger partial charge in [0.15, 0.2) is 0 Å². The van der Waals surface area contributed by atoms with Crippen molar-refractivity contribution in [3.05, 3.63) is 21.9 Å². The van der Waals surface area contributed by atoms with Gasteiger partial charge in [-0.15, -0.1) is 11.3 Å². The van der Waals surface area contributed by atoms with E-state index >= 15 is 0 Å². The molecule has 0 atom stereocenters. The second-order valence-corrected chi connectivity index (χ2v) is 5.51. The van der Waals surface area contributed by atoms with Crippen molar-refractivity contribution in [2.75, 3.05) is 13.2 Å². The highest BCUT2D eigenvalue weighted by Crippen LogP contribution is 2.16. The Morgan fingerprint density at radius 2 is 1.89 bits per heavy atom. The summed E-state index contributed by atoms with van der Waals surface area (Å²) in [5.74, 6) is -0.778. The van der Waals surface area contributed by atoms with Crippen LogP contribution in [0.15, 0.2) is 12.1 Å². The summed E-state index contributed by atoms with van der Waals surface area (Å²) in [7, 11) is 0. The zero-order valence-electron chi connectivity index (χ0n) is 10.5. The number of thiophene rings is 1. The number of nitrogens with one attached hydrogen (secondary N) is 1. The van der Waals surface area contributed by atoms with Crippen LogP contribution >= 0.6 is 11.3 Å². The first-order chi connectivity index (χ1) is 8.72. The molecule has 0 aliphatic heterocycles. The van der Waals surface area contributed by atoms with Gasteiger partial charge in [-0.3, -0.25) is 4.79 Å². The standard InChI is InChI=1S/C13H21NO3S/c15-8-4-2-1-3-7-14-10-12-6-5-11(18-12)9-13(16)17/h5-6,14-15H,1-4,7-10H2,(H,16,17). The minimum Gasteiger partial charge on any atom is -0.481 e. The zero-order chi connectivity index (χ0) is 13.2. The van der Waals surface area contributed by atoms with Crippen molar-refractivity contribution in [3.63, 3.8) is 0 Å². The number of aliphatic carboxylic acids is 1. The fourth-order valence-corrected chi connectivity index (χ4v) is 2.67. The van der Waals surface area contributed by atoms with Crippen molar-refractivity contribution in [1.82, 2.24) is 5.32 Å². The molecular formula is C13H21NO3S. The SMILES string of the molecule is O=C(O)Cc1ccc(CNCCCCCCO)s1. The van der Waals surface area contributed by atoms with E-state index in [2.05, 4.69) is 5.32 Å². The maximum atomic E-state index is 10.5. The number of aliphatic hydroxyl groups is 1. The number of carboxylic acid groups (broad SMARTS) is 1. The summed E-state index contributed by atoms with van der Waals surface area (Å²) < 4.78 is 0. The summed E-state index contributed by atoms with van der Waals surface area (Å²) in [4.78, 5) is 12.6. The minimum atomic E-state index is -0.778. The first-order valence-electron chi connectivity index (χ1n) is 6.33. The Morgan fingerprint density at radius 1 is 1.17 bits per heavy atom. The van der Waals surface area contributed by atoms with E-state index in [1.54, 1.807) is 11.3 Å². The molecule has 0 amide bonds. The molecule has 1 rings (SSSR count). The van der Waals surface area contributed by atoms with E-state index in [1.165, 1.54) is 4.88 Å². The van der Waals surface area contributed by atoms with Gasteiger partial charge < -0.3 is 15.5 Å². The molecule has 0 bridgehead atoms. The Kier molecular flexibility index (Phi) is 7.64. The minimum absolute atomic E-state index is 0.117. The van der Waals surface area contributed by atoms with Gasteiger partial charge in [0.1, 0.15) is 0 Å². The molecule has 0 aromatic carbocycles. The third-order valence-corrected chi connectivity index (χ3v) is 3.69. The number of carboxylic acids is 1. The van der Waals surface area contributed by atoms with Crippen LogP contribution in [0.25, 0.3) is 0 Å². The quantitative estimate of drug-likeness (QED) is 0.569. The molecule has 1 aromatic rings. The fourth-order valence-electron chi connectivity index (χ4n) is 1.69. The molecule has 0 saturated heterocycles. The molecule has 18 heavy (non-hydrogen) atoms. The number of hydrogen-bond donors (Lipinski definition) is 3. The van der Waals surface area contributed by atoms with Crippen LogP contribution in [0.4, 0.5) is 0 Å². The largest absolute Gasteiger partial charge is 0.481 e. The molecule has 5 heteroatoms. The summed E-state index contributed by atoms with van der Waals surface area (Å²) >= 11 is 1.56. The van der Waals surface area contributed by atoms with E-state index in [-0.39, 0.29) is 13.0 Å². The van der Waals surface area contributed by atoms with E-state index in [4.69, 9.17) is 10.2 Å². The van der Waals surface area contributed by atoms with Crippen LogP contribution in [0, 0.1) is 0 Å². The number of aliphatic hydroxyl groups excluding tert-OH is 1. The summed E-state index contributed by atoms with van der Waals surface area (Å²) in [5.41, 5.74) is 0. The summed E-state index contributed by atoms with van der Waals surface area (Å²) in [5, 5.41) is 20.6. The molecule has 0 unspecified atom stereocenters. The molecule has 3 N–H and O–H groups in total. The van der Waals surface area contributed by atoms with Crippen LogP contribution in [-0.4, -0.2) is 29.3 Å². The molecule has 0 saturated carbocycles. The van der Waals surface area contributed by atoms with E-state index in [0.29, 0.717) is 0 Å². The first kappa shape index (κ1) is 15.1. The van der Waals surface area contributed by atoms with Gasteiger partial charge >= 0.3 is 5.97 Å². The number of unbranched alkanes of at least 4 members (excludes halogenated alkanes) is 3. The predicted octanol–water partition coefficient (Wildman–Crippen LogP) is 2.02. The van der Waals surface area contributed by atoms with Crippen LogP contribution in [0.3, 0.4) is 0 Å². The molecule has 0 aliphatic carbocycles. The summed E-state index contributed by atoms with van der Waals surface area (Å²) in [6, 6.07) is 3.87. The molecular weight excluding hydrogens is 250 g/mol. The van der Waals surface area contributed by atoms with Crippen molar-refractivity contribution >= 4 is 17.3 Å². The Morgan fingerprint density at radius 3 is 2.61 bits per heavy atom. The van der Waals surface area contributed by atoms with E-state index in [0.717, 1.165) is 43.6 Å². The van der Waals surface area contributed by atoms with Gasteiger partial charge in [0, 0.05) is 22.9 Å². The monoisotopic (exact) mass is 271 g/mol. The molecule has 1 heterocycles. The Labute approximate surface area is 112 Å². The highest BCUT2D eigenvalue weighted by molar-refractivity contribution is 7.12. The highest BCUT2D eigenvalue weighted by Gasteiger charge is 2.04. The van der Waals surface area contributed by atoms with Gasteiger partial charge in [0.2, 0.25) is 0 Å². The molecule has 0 aliphatic rings. The second kappa shape index (κ2) is 9.08. The lowest BCUT2D eigenvalue weighted by Gasteiger charge is -2.02. The number of carbonyl (C=O) groups is 1. The Balaban J connectivity index is 2.08. The Hall–Kier alpha value is -0.910.